The van der Waals surface area contributed by atoms with Crippen molar-refractivity contribution in [3.05, 3.63) is 41.2 Å². The summed E-state index contributed by atoms with van der Waals surface area (Å²) in [5.74, 6) is -3.25. The molecule has 100 valence electrons. The van der Waals surface area contributed by atoms with E-state index in [-0.39, 0.29) is 17.3 Å². The van der Waals surface area contributed by atoms with Gasteiger partial charge in [-0.3, -0.25) is 0 Å². The van der Waals surface area contributed by atoms with Crippen molar-refractivity contribution in [1.82, 2.24) is 15.0 Å². The molecule has 19 heavy (non-hydrogen) atoms. The van der Waals surface area contributed by atoms with Crippen molar-refractivity contribution in [2.45, 2.75) is 19.8 Å². The van der Waals surface area contributed by atoms with Crippen LogP contribution < -0.4 is 0 Å². The van der Waals surface area contributed by atoms with Crippen LogP contribution in [0, 0.1) is 11.6 Å². The lowest BCUT2D eigenvalue weighted by Crippen LogP contribution is -2.11. The number of para-hydroxylation sites is 1. The molecular weight excluding hydrogens is 256 g/mol. The molecule has 0 saturated carbocycles. The van der Waals surface area contributed by atoms with E-state index in [2.05, 4.69) is 10.3 Å². The zero-order valence-corrected chi connectivity index (χ0v) is 10.3. The minimum Gasteiger partial charge on any atom is -0.476 e. The molecule has 0 aliphatic carbocycles. The molecule has 1 heterocycles. The number of nitrogens with zero attached hydrogens (tertiary/aromatic N) is 3. The molecule has 0 amide bonds. The monoisotopic (exact) mass is 267 g/mol. The van der Waals surface area contributed by atoms with Crippen LogP contribution in [0.1, 0.15) is 35.9 Å². The lowest BCUT2D eigenvalue weighted by Gasteiger charge is -2.11. The fourth-order valence-electron chi connectivity index (χ4n) is 1.82. The maximum Gasteiger partial charge on any atom is 0.358 e. The Bertz CT molecular complexity index is 618. The Morgan fingerprint density at radius 2 is 1.89 bits per heavy atom. The molecule has 2 rings (SSSR count). The summed E-state index contributed by atoms with van der Waals surface area (Å²) in [5, 5.41) is 16.0. The standard InChI is InChI=1S/C12H11F2N3O2/c1-6(2)10-9(12(18)19)15-16-17(10)11-7(13)4-3-5-8(11)14/h3-6H,1-2H3,(H,18,19). The van der Waals surface area contributed by atoms with Crippen LogP contribution in [0.5, 0.6) is 0 Å². The minimum absolute atomic E-state index is 0.150. The molecule has 0 fully saturated rings. The van der Waals surface area contributed by atoms with Crippen LogP contribution in [0.25, 0.3) is 5.69 Å². The van der Waals surface area contributed by atoms with Crippen molar-refractivity contribution in [1.29, 1.82) is 0 Å². The Kier molecular flexibility index (Phi) is 3.28. The van der Waals surface area contributed by atoms with Gasteiger partial charge in [-0.2, -0.15) is 0 Å². The Morgan fingerprint density at radius 3 is 2.37 bits per heavy atom. The fourth-order valence-corrected chi connectivity index (χ4v) is 1.82. The average molecular weight is 267 g/mol. The number of halogens is 2. The van der Waals surface area contributed by atoms with E-state index in [9.17, 15) is 13.6 Å². The van der Waals surface area contributed by atoms with E-state index in [1.807, 2.05) is 0 Å². The summed E-state index contributed by atoms with van der Waals surface area (Å²) < 4.78 is 28.3. The first-order valence-electron chi connectivity index (χ1n) is 5.56. The van der Waals surface area contributed by atoms with Gasteiger partial charge < -0.3 is 5.11 Å². The highest BCUT2D eigenvalue weighted by molar-refractivity contribution is 5.86. The molecule has 0 aliphatic heterocycles. The second-order valence-corrected chi connectivity index (χ2v) is 4.27. The second-order valence-electron chi connectivity index (χ2n) is 4.27. The molecule has 7 heteroatoms. The molecule has 5 nitrogen and oxygen atoms in total. The summed E-state index contributed by atoms with van der Waals surface area (Å²) in [6.07, 6.45) is 0. The van der Waals surface area contributed by atoms with Gasteiger partial charge in [0.05, 0.1) is 5.69 Å². The van der Waals surface area contributed by atoms with Crippen LogP contribution in [0.2, 0.25) is 0 Å². The molecule has 0 aliphatic rings. The van der Waals surface area contributed by atoms with Crippen LogP contribution >= 0.6 is 0 Å². The van der Waals surface area contributed by atoms with E-state index in [1.54, 1.807) is 13.8 Å². The van der Waals surface area contributed by atoms with Gasteiger partial charge in [0.2, 0.25) is 0 Å². The van der Waals surface area contributed by atoms with Crippen LogP contribution in [-0.4, -0.2) is 26.1 Å². The van der Waals surface area contributed by atoms with Gasteiger partial charge in [0.1, 0.15) is 5.69 Å². The van der Waals surface area contributed by atoms with Crippen molar-refractivity contribution in [2.75, 3.05) is 0 Å². The maximum atomic E-state index is 13.7. The van der Waals surface area contributed by atoms with E-state index in [0.717, 1.165) is 16.8 Å². The summed E-state index contributed by atoms with van der Waals surface area (Å²) in [6, 6.07) is 3.37. The van der Waals surface area contributed by atoms with E-state index < -0.39 is 23.3 Å². The molecule has 1 N–H and O–H groups in total. The maximum absolute atomic E-state index is 13.7. The molecule has 0 radical (unpaired) electrons. The fraction of sp³-hybridized carbons (Fsp3) is 0.250. The largest absolute Gasteiger partial charge is 0.476 e. The first-order chi connectivity index (χ1) is 8.93. The number of hydrogen-bond donors (Lipinski definition) is 1. The molecule has 0 atom stereocenters. The Balaban J connectivity index is 2.73. The van der Waals surface area contributed by atoms with E-state index >= 15 is 0 Å². The molecule has 0 bridgehead atoms. The number of aromatic nitrogens is 3. The highest BCUT2D eigenvalue weighted by Gasteiger charge is 2.25. The van der Waals surface area contributed by atoms with Crippen molar-refractivity contribution < 1.29 is 18.7 Å². The minimum atomic E-state index is -1.29. The van der Waals surface area contributed by atoms with E-state index in [0.29, 0.717) is 0 Å². The summed E-state index contributed by atoms with van der Waals surface area (Å²) >= 11 is 0. The smallest absolute Gasteiger partial charge is 0.358 e. The molecular formula is C12H11F2N3O2. The predicted octanol–water partition coefficient (Wildman–Crippen LogP) is 2.37. The number of rotatable bonds is 3. The van der Waals surface area contributed by atoms with Gasteiger partial charge in [-0.25, -0.2) is 18.3 Å². The van der Waals surface area contributed by atoms with Crippen molar-refractivity contribution >= 4 is 5.97 Å². The third kappa shape index (κ3) is 2.18. The SMILES string of the molecule is CC(C)c1c(C(=O)O)nnn1-c1c(F)cccc1F. The lowest BCUT2D eigenvalue weighted by atomic mass is 10.1. The van der Waals surface area contributed by atoms with E-state index in [4.69, 9.17) is 5.11 Å². The number of aromatic carboxylic acids is 1. The zero-order chi connectivity index (χ0) is 14.2. The predicted molar refractivity (Wildman–Crippen MR) is 62.3 cm³/mol. The van der Waals surface area contributed by atoms with Gasteiger partial charge in [-0.05, 0) is 18.1 Å². The Morgan fingerprint density at radius 1 is 1.32 bits per heavy atom. The first-order valence-corrected chi connectivity index (χ1v) is 5.56. The highest BCUT2D eigenvalue weighted by atomic mass is 19.1. The normalized spacial score (nSPS) is 11.0. The molecule has 0 unspecified atom stereocenters. The lowest BCUT2D eigenvalue weighted by molar-refractivity contribution is 0.0688. The Labute approximate surface area is 107 Å². The molecule has 0 spiro atoms. The quantitative estimate of drug-likeness (QED) is 0.927. The topological polar surface area (TPSA) is 68.0 Å². The second kappa shape index (κ2) is 4.75. The first kappa shape index (κ1) is 13.1. The summed E-state index contributed by atoms with van der Waals surface area (Å²) in [6.45, 7) is 3.39. The van der Waals surface area contributed by atoms with Gasteiger partial charge in [0.25, 0.3) is 0 Å². The van der Waals surface area contributed by atoms with E-state index in [1.165, 1.54) is 6.07 Å². The Hall–Kier alpha value is -2.31. The molecule has 1 aromatic carbocycles. The number of carboxylic acids is 1. The third-order valence-electron chi connectivity index (χ3n) is 2.60. The average Bonchev–Trinajstić information content (AvgIpc) is 2.73. The van der Waals surface area contributed by atoms with Crippen molar-refractivity contribution in [3.8, 4) is 5.69 Å². The molecule has 2 aromatic rings. The highest BCUT2D eigenvalue weighted by Crippen LogP contribution is 2.24. The van der Waals surface area contributed by atoms with Gasteiger partial charge >= 0.3 is 5.97 Å². The van der Waals surface area contributed by atoms with Crippen LogP contribution in [-0.2, 0) is 0 Å². The number of hydrogen-bond acceptors (Lipinski definition) is 3. The summed E-state index contributed by atoms with van der Waals surface area (Å²) in [5.41, 5.74) is -0.583. The number of carbonyl (C=O) groups is 1. The van der Waals surface area contributed by atoms with Crippen LogP contribution in [0.4, 0.5) is 8.78 Å². The van der Waals surface area contributed by atoms with Gasteiger partial charge in [0, 0.05) is 0 Å². The van der Waals surface area contributed by atoms with Crippen molar-refractivity contribution in [2.24, 2.45) is 0 Å². The van der Waals surface area contributed by atoms with Gasteiger partial charge in [-0.1, -0.05) is 25.1 Å². The van der Waals surface area contributed by atoms with Crippen LogP contribution in [0.3, 0.4) is 0 Å². The summed E-state index contributed by atoms with van der Waals surface area (Å²) in [4.78, 5) is 11.0. The van der Waals surface area contributed by atoms with Gasteiger partial charge in [-0.15, -0.1) is 5.10 Å². The molecule has 0 saturated heterocycles. The van der Waals surface area contributed by atoms with Gasteiger partial charge in [0.15, 0.2) is 17.3 Å². The van der Waals surface area contributed by atoms with Crippen molar-refractivity contribution in [3.63, 3.8) is 0 Å². The zero-order valence-electron chi connectivity index (χ0n) is 10.3. The van der Waals surface area contributed by atoms with Crippen LogP contribution in [0.15, 0.2) is 18.2 Å². The molecule has 1 aromatic heterocycles. The number of benzene rings is 1. The number of carboxylic acid groups (broad SMARTS) is 1. The third-order valence-corrected chi connectivity index (χ3v) is 2.60. The summed E-state index contributed by atoms with van der Waals surface area (Å²) in [7, 11) is 0.